The SMILES string of the molecule is Oc1ccc(-c2cc3cc4nc(cc5ccc(cc6nc(cc2[nH]3)C=C6)[nH]5)C=C4)cc1.[Fe]. The molecule has 0 spiro atoms. The number of phenolic OH excluding ortho intramolecular Hbond substituents is 1. The van der Waals surface area contributed by atoms with Crippen LogP contribution in [0.4, 0.5) is 0 Å². The second kappa shape index (κ2) is 8.00. The summed E-state index contributed by atoms with van der Waals surface area (Å²) in [5.41, 5.74) is 9.50. The van der Waals surface area contributed by atoms with Crippen molar-refractivity contribution in [2.45, 2.75) is 0 Å². The molecule has 4 aromatic rings. The van der Waals surface area contributed by atoms with Crippen LogP contribution < -0.4 is 0 Å². The summed E-state index contributed by atoms with van der Waals surface area (Å²) in [6.07, 6.45) is 8.04. The van der Waals surface area contributed by atoms with E-state index in [0.29, 0.717) is 0 Å². The maximum atomic E-state index is 9.68. The topological polar surface area (TPSA) is 77.6 Å². The number of aromatic nitrogens is 4. The molecule has 5 nitrogen and oxygen atoms in total. The van der Waals surface area contributed by atoms with E-state index in [1.54, 1.807) is 12.1 Å². The average molecular weight is 458 g/mol. The fraction of sp³-hybridized carbons (Fsp3) is 0. The monoisotopic (exact) mass is 458 g/mol. The van der Waals surface area contributed by atoms with Crippen LogP contribution in [0.1, 0.15) is 22.8 Å². The number of hydrogen-bond donors (Lipinski definition) is 3. The minimum Gasteiger partial charge on any atom is -0.508 e. The molecule has 1 aromatic carbocycles. The van der Waals surface area contributed by atoms with Crippen LogP contribution in [0.15, 0.2) is 66.7 Å². The van der Waals surface area contributed by atoms with Crippen molar-refractivity contribution in [1.29, 1.82) is 0 Å². The van der Waals surface area contributed by atoms with Crippen LogP contribution in [-0.2, 0) is 17.1 Å². The minimum atomic E-state index is 0. The number of H-pyrrole nitrogens is 2. The summed E-state index contributed by atoms with van der Waals surface area (Å²) < 4.78 is 0. The fourth-order valence-electron chi connectivity index (χ4n) is 3.90. The predicted molar refractivity (Wildman–Crippen MR) is 126 cm³/mol. The van der Waals surface area contributed by atoms with Gasteiger partial charge in [-0.15, -0.1) is 0 Å². The van der Waals surface area contributed by atoms with Gasteiger partial charge in [0.05, 0.1) is 22.8 Å². The van der Waals surface area contributed by atoms with Crippen molar-refractivity contribution < 1.29 is 22.2 Å². The standard InChI is InChI=1S/C26H18N4O.Fe/c31-24-9-1-16(2-10-24)25-14-23-13-21-6-5-19(28-21)11-17-3-4-18(27-17)12-20-7-8-22(29-20)15-26(25)30-23;/h1-15,27,30-31H;. The predicted octanol–water partition coefficient (Wildman–Crippen LogP) is 6.03. The summed E-state index contributed by atoms with van der Waals surface area (Å²) >= 11 is 0. The minimum absolute atomic E-state index is 0. The first-order valence-corrected chi connectivity index (χ1v) is 10.1. The van der Waals surface area contributed by atoms with E-state index < -0.39 is 0 Å². The molecule has 5 heterocycles. The molecule has 32 heavy (non-hydrogen) atoms. The molecule has 8 bridgehead atoms. The Bertz CT molecular complexity index is 1540. The van der Waals surface area contributed by atoms with Gasteiger partial charge < -0.3 is 15.1 Å². The molecule has 3 aromatic heterocycles. The van der Waals surface area contributed by atoms with E-state index in [1.807, 2.05) is 72.8 Å². The van der Waals surface area contributed by atoms with E-state index >= 15 is 0 Å². The molecule has 6 heteroatoms. The zero-order valence-corrected chi connectivity index (χ0v) is 18.0. The summed E-state index contributed by atoms with van der Waals surface area (Å²) in [5, 5.41) is 9.68. The third kappa shape index (κ3) is 3.89. The fourth-order valence-corrected chi connectivity index (χ4v) is 3.90. The number of aromatic hydroxyl groups is 1. The Balaban J connectivity index is 0.00000216. The van der Waals surface area contributed by atoms with Gasteiger partial charge in [0.1, 0.15) is 5.75 Å². The molecular weight excluding hydrogens is 440 g/mol. The molecule has 0 radical (unpaired) electrons. The van der Waals surface area contributed by atoms with E-state index in [0.717, 1.165) is 56.0 Å². The van der Waals surface area contributed by atoms with Gasteiger partial charge in [0.15, 0.2) is 0 Å². The molecule has 2 aliphatic rings. The van der Waals surface area contributed by atoms with E-state index in [-0.39, 0.29) is 22.8 Å². The summed E-state index contributed by atoms with van der Waals surface area (Å²) in [4.78, 5) is 16.3. The van der Waals surface area contributed by atoms with Gasteiger partial charge in [0.25, 0.3) is 0 Å². The molecule has 0 saturated heterocycles. The molecule has 3 N–H and O–H groups in total. The molecule has 0 aliphatic carbocycles. The van der Waals surface area contributed by atoms with Crippen LogP contribution in [0.25, 0.3) is 57.5 Å². The number of rotatable bonds is 1. The number of phenols is 1. The number of fused-ring (bicyclic) bond motifs is 8. The van der Waals surface area contributed by atoms with Crippen molar-refractivity contribution in [3.8, 4) is 16.9 Å². The van der Waals surface area contributed by atoms with Gasteiger partial charge in [-0.25, -0.2) is 9.97 Å². The van der Waals surface area contributed by atoms with Gasteiger partial charge in [-0.1, -0.05) is 12.1 Å². The Morgan fingerprint density at radius 1 is 0.562 bits per heavy atom. The van der Waals surface area contributed by atoms with E-state index in [2.05, 4.69) is 16.0 Å². The molecule has 0 fully saturated rings. The Morgan fingerprint density at radius 3 is 1.69 bits per heavy atom. The number of nitrogens with one attached hydrogen (secondary N) is 2. The normalized spacial score (nSPS) is 12.0. The van der Waals surface area contributed by atoms with Crippen molar-refractivity contribution in [2.24, 2.45) is 0 Å². The quantitative estimate of drug-likeness (QED) is 0.264. The van der Waals surface area contributed by atoms with E-state index in [1.165, 1.54) is 0 Å². The zero-order valence-electron chi connectivity index (χ0n) is 16.9. The van der Waals surface area contributed by atoms with E-state index in [4.69, 9.17) is 9.97 Å². The molecule has 0 amide bonds. The van der Waals surface area contributed by atoms with Crippen LogP contribution in [-0.4, -0.2) is 25.0 Å². The van der Waals surface area contributed by atoms with Crippen molar-refractivity contribution in [2.75, 3.05) is 0 Å². The summed E-state index contributed by atoms with van der Waals surface area (Å²) in [6, 6.07) is 21.5. The second-order valence-corrected chi connectivity index (χ2v) is 7.64. The summed E-state index contributed by atoms with van der Waals surface area (Å²) in [6.45, 7) is 0. The zero-order chi connectivity index (χ0) is 20.8. The Morgan fingerprint density at radius 2 is 1.09 bits per heavy atom. The van der Waals surface area contributed by atoms with Crippen molar-refractivity contribution in [3.63, 3.8) is 0 Å². The first-order valence-electron chi connectivity index (χ1n) is 10.1. The van der Waals surface area contributed by atoms with Crippen molar-refractivity contribution in [1.82, 2.24) is 19.9 Å². The first kappa shape index (κ1) is 20.1. The molecule has 2 aliphatic heterocycles. The van der Waals surface area contributed by atoms with Gasteiger partial charge in [-0.3, -0.25) is 0 Å². The molecule has 0 unspecified atom stereocenters. The van der Waals surface area contributed by atoms with Crippen LogP contribution in [0, 0.1) is 0 Å². The Kier molecular flexibility index (Phi) is 5.02. The molecule has 0 atom stereocenters. The maximum Gasteiger partial charge on any atom is 0.115 e. The molecule has 6 rings (SSSR count). The van der Waals surface area contributed by atoms with Gasteiger partial charge >= 0.3 is 0 Å². The van der Waals surface area contributed by atoms with Gasteiger partial charge in [-0.05, 0) is 84.5 Å². The third-order valence-electron chi connectivity index (χ3n) is 5.35. The number of hydrogen-bond acceptors (Lipinski definition) is 3. The van der Waals surface area contributed by atoms with Crippen molar-refractivity contribution in [3.05, 3.63) is 89.5 Å². The molecule has 0 saturated carbocycles. The van der Waals surface area contributed by atoms with Crippen LogP contribution in [0.3, 0.4) is 0 Å². The Hall–Kier alpha value is -3.86. The number of benzene rings is 1. The van der Waals surface area contributed by atoms with Crippen LogP contribution in [0.2, 0.25) is 0 Å². The van der Waals surface area contributed by atoms with Crippen LogP contribution in [0.5, 0.6) is 5.75 Å². The van der Waals surface area contributed by atoms with Gasteiger partial charge in [0, 0.05) is 44.7 Å². The smallest absolute Gasteiger partial charge is 0.115 e. The van der Waals surface area contributed by atoms with Crippen LogP contribution >= 0.6 is 0 Å². The Labute approximate surface area is 194 Å². The maximum absolute atomic E-state index is 9.68. The van der Waals surface area contributed by atoms with Crippen molar-refractivity contribution >= 4 is 46.4 Å². The number of nitrogens with zero attached hydrogens (tertiary/aromatic N) is 2. The summed E-state index contributed by atoms with van der Waals surface area (Å²) in [5.74, 6) is 0.247. The third-order valence-corrected chi connectivity index (χ3v) is 5.35. The average Bonchev–Trinajstić information content (AvgIpc) is 3.54. The largest absolute Gasteiger partial charge is 0.508 e. The second-order valence-electron chi connectivity index (χ2n) is 7.64. The summed E-state index contributed by atoms with van der Waals surface area (Å²) in [7, 11) is 0. The number of aromatic amines is 2. The molecular formula is C26H18FeN4O. The molecule has 156 valence electrons. The van der Waals surface area contributed by atoms with E-state index in [9.17, 15) is 5.11 Å². The van der Waals surface area contributed by atoms with Gasteiger partial charge in [0.2, 0.25) is 0 Å². The van der Waals surface area contributed by atoms with Gasteiger partial charge in [-0.2, -0.15) is 0 Å². The first-order chi connectivity index (χ1) is 15.2.